The molecule has 0 saturated carbocycles. The van der Waals surface area contributed by atoms with E-state index < -0.39 is 11.7 Å². The van der Waals surface area contributed by atoms with Gasteiger partial charge in [-0.2, -0.15) is 13.2 Å². The molecule has 0 saturated heterocycles. The molecule has 1 aromatic heterocycles. The lowest BCUT2D eigenvalue weighted by molar-refractivity contribution is -0.137. The average molecular weight is 233 g/mol. The summed E-state index contributed by atoms with van der Waals surface area (Å²) in [5, 5.41) is 0.155. The number of halogens is 4. The number of nitrogens with zero attached hydrogens (tertiary/aromatic N) is 2. The number of benzene rings is 1. The molecule has 0 aliphatic heterocycles. The van der Waals surface area contributed by atoms with Crippen LogP contribution in [0, 0.1) is 0 Å². The lowest BCUT2D eigenvalue weighted by Crippen LogP contribution is -2.04. The molecule has 0 unspecified atom stereocenters. The number of rotatable bonds is 0. The third kappa shape index (κ3) is 2.02. The Morgan fingerprint density at radius 2 is 1.87 bits per heavy atom. The minimum atomic E-state index is -4.37. The fourth-order valence-corrected chi connectivity index (χ4v) is 1.30. The highest BCUT2D eigenvalue weighted by molar-refractivity contribution is 6.29. The second-order valence-electron chi connectivity index (χ2n) is 2.89. The highest BCUT2D eigenvalue weighted by Crippen LogP contribution is 2.30. The zero-order valence-corrected chi connectivity index (χ0v) is 7.97. The van der Waals surface area contributed by atoms with Gasteiger partial charge in [0, 0.05) is 0 Å². The normalized spacial score (nSPS) is 12.0. The zero-order chi connectivity index (χ0) is 11.1. The minimum absolute atomic E-state index is 0.155. The van der Waals surface area contributed by atoms with Crippen LogP contribution in [0.25, 0.3) is 11.0 Å². The molecule has 0 atom stereocenters. The molecule has 6 heteroatoms. The Morgan fingerprint density at radius 1 is 1.13 bits per heavy atom. The first-order valence-electron chi connectivity index (χ1n) is 3.96. The lowest BCUT2D eigenvalue weighted by Gasteiger charge is -2.06. The van der Waals surface area contributed by atoms with Gasteiger partial charge in [0.2, 0.25) is 0 Å². The molecule has 0 fully saturated rings. The number of fused-ring (bicyclic) bond motifs is 1. The van der Waals surface area contributed by atoms with Gasteiger partial charge in [0.05, 0.1) is 22.8 Å². The SMILES string of the molecule is FC(F)(F)c1ccc2nc(Cl)cnc2c1. The van der Waals surface area contributed by atoms with Crippen LogP contribution < -0.4 is 0 Å². The van der Waals surface area contributed by atoms with Crippen molar-refractivity contribution in [2.75, 3.05) is 0 Å². The Bertz CT molecular complexity index is 510. The summed E-state index contributed by atoms with van der Waals surface area (Å²) in [4.78, 5) is 7.59. The Balaban J connectivity index is 2.62. The van der Waals surface area contributed by atoms with Crippen molar-refractivity contribution in [2.24, 2.45) is 0 Å². The van der Waals surface area contributed by atoms with E-state index in [1.165, 1.54) is 12.3 Å². The molecule has 0 spiro atoms. The van der Waals surface area contributed by atoms with Crippen molar-refractivity contribution in [2.45, 2.75) is 6.18 Å². The fourth-order valence-electron chi connectivity index (χ4n) is 1.16. The maximum Gasteiger partial charge on any atom is 0.416 e. The molecule has 78 valence electrons. The zero-order valence-electron chi connectivity index (χ0n) is 7.22. The van der Waals surface area contributed by atoms with E-state index in [1.807, 2.05) is 0 Å². The molecule has 0 aliphatic carbocycles. The van der Waals surface area contributed by atoms with E-state index in [-0.39, 0.29) is 10.7 Å². The number of hydrogen-bond donors (Lipinski definition) is 0. The van der Waals surface area contributed by atoms with Gasteiger partial charge in [0.15, 0.2) is 0 Å². The quantitative estimate of drug-likeness (QED) is 0.696. The van der Waals surface area contributed by atoms with E-state index >= 15 is 0 Å². The van der Waals surface area contributed by atoms with E-state index in [0.29, 0.717) is 5.52 Å². The summed E-state index contributed by atoms with van der Waals surface area (Å²) in [5.74, 6) is 0. The van der Waals surface area contributed by atoms with Gasteiger partial charge >= 0.3 is 6.18 Å². The maximum absolute atomic E-state index is 12.3. The maximum atomic E-state index is 12.3. The van der Waals surface area contributed by atoms with Crippen LogP contribution in [-0.2, 0) is 6.18 Å². The molecule has 1 aromatic carbocycles. The summed E-state index contributed by atoms with van der Waals surface area (Å²) in [6.07, 6.45) is -3.15. The first-order chi connectivity index (χ1) is 6.97. The molecule has 0 radical (unpaired) electrons. The molecule has 15 heavy (non-hydrogen) atoms. The van der Waals surface area contributed by atoms with Gasteiger partial charge in [0.1, 0.15) is 5.15 Å². The Labute approximate surface area is 87.7 Å². The molecular formula is C9H4ClF3N2. The molecule has 0 N–H and O–H groups in total. The second-order valence-corrected chi connectivity index (χ2v) is 3.28. The van der Waals surface area contributed by atoms with E-state index in [4.69, 9.17) is 11.6 Å². The number of alkyl halides is 3. The van der Waals surface area contributed by atoms with Crippen molar-refractivity contribution in [1.82, 2.24) is 9.97 Å². The van der Waals surface area contributed by atoms with Gasteiger partial charge in [-0.25, -0.2) is 4.98 Å². The van der Waals surface area contributed by atoms with Crippen LogP contribution >= 0.6 is 11.6 Å². The second kappa shape index (κ2) is 3.34. The molecular weight excluding hydrogens is 229 g/mol. The van der Waals surface area contributed by atoms with Crippen molar-refractivity contribution >= 4 is 22.6 Å². The predicted octanol–water partition coefficient (Wildman–Crippen LogP) is 3.30. The average Bonchev–Trinajstić information content (AvgIpc) is 2.15. The molecule has 2 nitrogen and oxygen atoms in total. The van der Waals surface area contributed by atoms with Crippen molar-refractivity contribution in [3.8, 4) is 0 Å². The van der Waals surface area contributed by atoms with Gasteiger partial charge in [-0.3, -0.25) is 4.98 Å². The van der Waals surface area contributed by atoms with Crippen LogP contribution in [0.3, 0.4) is 0 Å². The number of hydrogen-bond acceptors (Lipinski definition) is 2. The first kappa shape index (κ1) is 10.2. The molecule has 0 bridgehead atoms. The molecule has 1 heterocycles. The highest BCUT2D eigenvalue weighted by Gasteiger charge is 2.30. The van der Waals surface area contributed by atoms with Gasteiger partial charge in [-0.05, 0) is 18.2 Å². The predicted molar refractivity (Wildman–Crippen MR) is 49.6 cm³/mol. The Morgan fingerprint density at radius 3 is 2.53 bits per heavy atom. The van der Waals surface area contributed by atoms with E-state index in [0.717, 1.165) is 12.1 Å². The van der Waals surface area contributed by atoms with Crippen LogP contribution in [0.2, 0.25) is 5.15 Å². The van der Waals surface area contributed by atoms with Gasteiger partial charge in [-0.15, -0.1) is 0 Å². The summed E-state index contributed by atoms with van der Waals surface area (Å²) in [7, 11) is 0. The van der Waals surface area contributed by atoms with Crippen LogP contribution in [0.5, 0.6) is 0 Å². The third-order valence-electron chi connectivity index (χ3n) is 1.84. The molecule has 2 rings (SSSR count). The van der Waals surface area contributed by atoms with Crippen molar-refractivity contribution in [3.05, 3.63) is 35.1 Å². The standard InChI is InChI=1S/C9H4ClF3N2/c10-8-4-14-7-3-5(9(11,12)13)1-2-6(7)15-8/h1-4H. The Kier molecular flexibility index (Phi) is 2.26. The monoisotopic (exact) mass is 232 g/mol. The summed E-state index contributed by atoms with van der Waals surface area (Å²) >= 11 is 5.55. The van der Waals surface area contributed by atoms with E-state index in [9.17, 15) is 13.2 Å². The van der Waals surface area contributed by atoms with Gasteiger partial charge in [0.25, 0.3) is 0 Å². The topological polar surface area (TPSA) is 25.8 Å². The third-order valence-corrected chi connectivity index (χ3v) is 2.02. The highest BCUT2D eigenvalue weighted by atomic mass is 35.5. The Hall–Kier alpha value is -1.36. The molecule has 0 aliphatic rings. The smallest absolute Gasteiger partial charge is 0.251 e. The summed E-state index contributed by atoms with van der Waals surface area (Å²) in [6, 6.07) is 3.14. The fraction of sp³-hybridized carbons (Fsp3) is 0.111. The van der Waals surface area contributed by atoms with Crippen LogP contribution in [0.4, 0.5) is 13.2 Å². The summed E-state index contributed by atoms with van der Waals surface area (Å²) in [5.41, 5.74) is -0.226. The first-order valence-corrected chi connectivity index (χ1v) is 4.34. The summed E-state index contributed by atoms with van der Waals surface area (Å²) < 4.78 is 37.0. The largest absolute Gasteiger partial charge is 0.416 e. The van der Waals surface area contributed by atoms with Gasteiger partial charge in [-0.1, -0.05) is 11.6 Å². The van der Waals surface area contributed by atoms with E-state index in [1.54, 1.807) is 0 Å². The molecule has 0 amide bonds. The van der Waals surface area contributed by atoms with Crippen molar-refractivity contribution < 1.29 is 13.2 Å². The minimum Gasteiger partial charge on any atom is -0.251 e. The van der Waals surface area contributed by atoms with Crippen LogP contribution in [0.15, 0.2) is 24.4 Å². The van der Waals surface area contributed by atoms with Crippen molar-refractivity contribution in [1.29, 1.82) is 0 Å². The van der Waals surface area contributed by atoms with Gasteiger partial charge < -0.3 is 0 Å². The van der Waals surface area contributed by atoms with Crippen molar-refractivity contribution in [3.63, 3.8) is 0 Å². The van der Waals surface area contributed by atoms with Crippen LogP contribution in [-0.4, -0.2) is 9.97 Å². The summed E-state index contributed by atoms with van der Waals surface area (Å²) in [6.45, 7) is 0. The number of aromatic nitrogens is 2. The molecule has 2 aromatic rings. The van der Waals surface area contributed by atoms with Crippen LogP contribution in [0.1, 0.15) is 5.56 Å². The van der Waals surface area contributed by atoms with E-state index in [2.05, 4.69) is 9.97 Å². The lowest BCUT2D eigenvalue weighted by atomic mass is 10.2.